The SMILES string of the molecule is CCNc1ccc2c(c1)C(OCCO)C(=O)N2C. The lowest BCUT2D eigenvalue weighted by atomic mass is 10.1. The Morgan fingerprint density at radius 2 is 2.28 bits per heavy atom. The van der Waals surface area contributed by atoms with Gasteiger partial charge in [-0.2, -0.15) is 0 Å². The zero-order valence-corrected chi connectivity index (χ0v) is 10.6. The van der Waals surface area contributed by atoms with Crippen LogP contribution in [0.2, 0.25) is 0 Å². The van der Waals surface area contributed by atoms with E-state index in [9.17, 15) is 4.79 Å². The molecule has 1 heterocycles. The summed E-state index contributed by atoms with van der Waals surface area (Å²) in [6, 6.07) is 5.79. The fourth-order valence-electron chi connectivity index (χ4n) is 2.14. The third-order valence-corrected chi connectivity index (χ3v) is 2.98. The predicted octanol–water partition coefficient (Wildman–Crippen LogP) is 1.14. The van der Waals surface area contributed by atoms with Crippen LogP contribution in [0.4, 0.5) is 11.4 Å². The monoisotopic (exact) mass is 250 g/mol. The first-order valence-electron chi connectivity index (χ1n) is 6.07. The summed E-state index contributed by atoms with van der Waals surface area (Å²) >= 11 is 0. The standard InChI is InChI=1S/C13H18N2O3/c1-3-14-9-4-5-11-10(8-9)12(18-7-6-16)13(17)15(11)2/h4-5,8,12,14,16H,3,6-7H2,1-2H3. The molecule has 1 aromatic carbocycles. The number of fused-ring (bicyclic) bond motifs is 1. The number of carbonyl (C=O) groups excluding carboxylic acids is 1. The topological polar surface area (TPSA) is 61.8 Å². The maximum absolute atomic E-state index is 12.0. The summed E-state index contributed by atoms with van der Waals surface area (Å²) in [6.07, 6.45) is -0.601. The smallest absolute Gasteiger partial charge is 0.260 e. The number of hydrogen-bond donors (Lipinski definition) is 2. The Labute approximate surface area is 106 Å². The summed E-state index contributed by atoms with van der Waals surface area (Å²) in [5.41, 5.74) is 2.69. The fraction of sp³-hybridized carbons (Fsp3) is 0.462. The van der Waals surface area contributed by atoms with E-state index in [1.54, 1.807) is 11.9 Å². The minimum absolute atomic E-state index is 0.0876. The summed E-state index contributed by atoms with van der Waals surface area (Å²) < 4.78 is 5.43. The largest absolute Gasteiger partial charge is 0.394 e. The zero-order chi connectivity index (χ0) is 13.1. The van der Waals surface area contributed by atoms with Crippen molar-refractivity contribution in [3.05, 3.63) is 23.8 Å². The number of rotatable bonds is 5. The molecule has 2 rings (SSSR count). The van der Waals surface area contributed by atoms with Gasteiger partial charge in [-0.3, -0.25) is 4.79 Å². The Bertz CT molecular complexity index is 448. The van der Waals surface area contributed by atoms with Gasteiger partial charge in [0.15, 0.2) is 6.10 Å². The van der Waals surface area contributed by atoms with Crippen LogP contribution in [0, 0.1) is 0 Å². The number of nitrogens with one attached hydrogen (secondary N) is 1. The fourth-order valence-corrected chi connectivity index (χ4v) is 2.14. The van der Waals surface area contributed by atoms with Crippen LogP contribution in [0.25, 0.3) is 0 Å². The van der Waals surface area contributed by atoms with Gasteiger partial charge in [-0.15, -0.1) is 0 Å². The maximum Gasteiger partial charge on any atom is 0.260 e. The molecule has 0 radical (unpaired) electrons. The highest BCUT2D eigenvalue weighted by molar-refractivity contribution is 6.04. The minimum Gasteiger partial charge on any atom is -0.394 e. The molecule has 5 heteroatoms. The van der Waals surface area contributed by atoms with Crippen molar-refractivity contribution in [2.75, 3.05) is 37.0 Å². The molecule has 1 aliphatic rings. The molecule has 0 bridgehead atoms. The number of anilines is 2. The third kappa shape index (κ3) is 2.19. The van der Waals surface area contributed by atoms with Gasteiger partial charge in [-0.1, -0.05) is 0 Å². The Kier molecular flexibility index (Phi) is 3.84. The van der Waals surface area contributed by atoms with E-state index in [2.05, 4.69) is 5.32 Å². The molecule has 0 saturated carbocycles. The number of benzene rings is 1. The van der Waals surface area contributed by atoms with Crippen LogP contribution in [-0.4, -0.2) is 37.8 Å². The normalized spacial score (nSPS) is 18.1. The molecule has 2 N–H and O–H groups in total. The molecule has 1 amide bonds. The van der Waals surface area contributed by atoms with Crippen LogP contribution >= 0.6 is 0 Å². The van der Waals surface area contributed by atoms with Crippen molar-refractivity contribution in [2.24, 2.45) is 0 Å². The maximum atomic E-state index is 12.0. The van der Waals surface area contributed by atoms with E-state index in [1.807, 2.05) is 25.1 Å². The first kappa shape index (κ1) is 12.9. The molecule has 0 aromatic heterocycles. The number of aliphatic hydroxyl groups is 1. The van der Waals surface area contributed by atoms with Crippen LogP contribution in [0.5, 0.6) is 0 Å². The molecule has 1 aliphatic heterocycles. The van der Waals surface area contributed by atoms with Crippen molar-refractivity contribution in [2.45, 2.75) is 13.0 Å². The van der Waals surface area contributed by atoms with Gasteiger partial charge in [0.1, 0.15) is 0 Å². The summed E-state index contributed by atoms with van der Waals surface area (Å²) in [5.74, 6) is -0.0906. The number of nitrogens with zero attached hydrogens (tertiary/aromatic N) is 1. The van der Waals surface area contributed by atoms with E-state index in [1.165, 1.54) is 0 Å². The highest BCUT2D eigenvalue weighted by Crippen LogP contribution is 2.38. The summed E-state index contributed by atoms with van der Waals surface area (Å²) in [4.78, 5) is 13.6. The first-order valence-corrected chi connectivity index (χ1v) is 6.07. The second-order valence-electron chi connectivity index (χ2n) is 4.18. The van der Waals surface area contributed by atoms with Gasteiger partial charge in [0.25, 0.3) is 5.91 Å². The van der Waals surface area contributed by atoms with Crippen molar-refractivity contribution in [1.29, 1.82) is 0 Å². The first-order chi connectivity index (χ1) is 8.69. The number of ether oxygens (including phenoxy) is 1. The van der Waals surface area contributed by atoms with Gasteiger partial charge < -0.3 is 20.1 Å². The molecular formula is C13H18N2O3. The van der Waals surface area contributed by atoms with E-state index in [0.29, 0.717) is 0 Å². The van der Waals surface area contributed by atoms with Gasteiger partial charge in [0, 0.05) is 30.5 Å². The molecule has 0 saturated heterocycles. The summed E-state index contributed by atoms with van der Waals surface area (Å²) in [6.45, 7) is 2.92. The molecule has 0 aliphatic carbocycles. The van der Waals surface area contributed by atoms with Crippen molar-refractivity contribution < 1.29 is 14.6 Å². The number of hydrogen-bond acceptors (Lipinski definition) is 4. The van der Waals surface area contributed by atoms with Gasteiger partial charge in [-0.05, 0) is 25.1 Å². The van der Waals surface area contributed by atoms with Gasteiger partial charge in [-0.25, -0.2) is 0 Å². The lowest BCUT2D eigenvalue weighted by Gasteiger charge is -2.11. The zero-order valence-electron chi connectivity index (χ0n) is 10.6. The van der Waals surface area contributed by atoms with E-state index < -0.39 is 6.10 Å². The number of amides is 1. The van der Waals surface area contributed by atoms with Crippen LogP contribution in [0.3, 0.4) is 0 Å². The summed E-state index contributed by atoms with van der Waals surface area (Å²) in [7, 11) is 1.73. The number of carbonyl (C=O) groups is 1. The molecule has 0 fully saturated rings. The van der Waals surface area contributed by atoms with Crippen LogP contribution in [-0.2, 0) is 9.53 Å². The Morgan fingerprint density at radius 3 is 2.94 bits per heavy atom. The predicted molar refractivity (Wildman–Crippen MR) is 69.8 cm³/mol. The van der Waals surface area contributed by atoms with E-state index in [-0.39, 0.29) is 19.1 Å². The van der Waals surface area contributed by atoms with Gasteiger partial charge in [0.2, 0.25) is 0 Å². The van der Waals surface area contributed by atoms with Crippen molar-refractivity contribution in [3.8, 4) is 0 Å². The Morgan fingerprint density at radius 1 is 1.50 bits per heavy atom. The van der Waals surface area contributed by atoms with Crippen molar-refractivity contribution in [3.63, 3.8) is 0 Å². The highest BCUT2D eigenvalue weighted by atomic mass is 16.5. The second kappa shape index (κ2) is 5.37. The molecule has 5 nitrogen and oxygen atoms in total. The second-order valence-corrected chi connectivity index (χ2v) is 4.18. The van der Waals surface area contributed by atoms with E-state index >= 15 is 0 Å². The van der Waals surface area contributed by atoms with Gasteiger partial charge >= 0.3 is 0 Å². The average Bonchev–Trinajstić information content (AvgIpc) is 2.60. The van der Waals surface area contributed by atoms with Gasteiger partial charge in [0.05, 0.1) is 13.2 Å². The minimum atomic E-state index is -0.601. The molecule has 98 valence electrons. The van der Waals surface area contributed by atoms with Crippen LogP contribution in [0.15, 0.2) is 18.2 Å². The molecule has 0 spiro atoms. The number of likely N-dealkylation sites (N-methyl/N-ethyl adjacent to an activating group) is 1. The Hall–Kier alpha value is -1.59. The lowest BCUT2D eigenvalue weighted by Crippen LogP contribution is -2.25. The molecule has 1 unspecified atom stereocenters. The number of aliphatic hydroxyl groups excluding tert-OH is 1. The Balaban J connectivity index is 2.31. The highest BCUT2D eigenvalue weighted by Gasteiger charge is 2.35. The molecular weight excluding hydrogens is 232 g/mol. The molecule has 1 aromatic rings. The molecule has 1 atom stereocenters. The molecule has 18 heavy (non-hydrogen) atoms. The quantitative estimate of drug-likeness (QED) is 0.822. The van der Waals surface area contributed by atoms with Crippen LogP contribution in [0.1, 0.15) is 18.6 Å². The van der Waals surface area contributed by atoms with E-state index in [4.69, 9.17) is 9.84 Å². The van der Waals surface area contributed by atoms with Crippen LogP contribution < -0.4 is 10.2 Å². The van der Waals surface area contributed by atoms with E-state index in [0.717, 1.165) is 23.5 Å². The summed E-state index contributed by atoms with van der Waals surface area (Å²) in [5, 5.41) is 12.0. The van der Waals surface area contributed by atoms with Crippen molar-refractivity contribution >= 4 is 17.3 Å². The average molecular weight is 250 g/mol. The van der Waals surface area contributed by atoms with Crippen molar-refractivity contribution in [1.82, 2.24) is 0 Å². The third-order valence-electron chi connectivity index (χ3n) is 2.98. The lowest BCUT2D eigenvalue weighted by molar-refractivity contribution is -0.129.